The molecule has 1 aromatic heterocycles. The molecule has 208 valence electrons. The van der Waals surface area contributed by atoms with Gasteiger partial charge in [-0.15, -0.1) is 0 Å². The minimum atomic E-state index is -0.328. The molecular weight excluding hydrogens is 497 g/mol. The topological polar surface area (TPSA) is 66.2 Å². The molecule has 0 aliphatic carbocycles. The van der Waals surface area contributed by atoms with E-state index in [1.807, 2.05) is 43.3 Å². The number of ether oxygens (including phenoxy) is 1. The van der Waals surface area contributed by atoms with Gasteiger partial charge in [0.2, 0.25) is 11.8 Å². The number of carbonyl (C=O) groups is 2. The summed E-state index contributed by atoms with van der Waals surface area (Å²) in [5.74, 6) is -0.229. The van der Waals surface area contributed by atoms with Crippen LogP contribution in [0.5, 0.6) is 0 Å². The Morgan fingerprint density at radius 3 is 2.36 bits per heavy atom. The highest BCUT2D eigenvalue weighted by Crippen LogP contribution is 2.23. The van der Waals surface area contributed by atoms with Gasteiger partial charge in [-0.2, -0.15) is 0 Å². The SMILES string of the molecule is CCC(C(=O)N(CCCN1CCOCC1)CC(=O)N(Cc1ccc(F)cc1)Cc1ccco1)c1ccccc1. The van der Waals surface area contributed by atoms with Crippen LogP contribution in [0, 0.1) is 5.82 Å². The molecule has 39 heavy (non-hydrogen) atoms. The molecule has 0 N–H and O–H groups in total. The minimum Gasteiger partial charge on any atom is -0.467 e. The van der Waals surface area contributed by atoms with Crippen LogP contribution in [0.2, 0.25) is 0 Å². The van der Waals surface area contributed by atoms with Crippen LogP contribution in [-0.2, 0) is 27.4 Å². The molecule has 4 rings (SSSR count). The predicted octanol–water partition coefficient (Wildman–Crippen LogP) is 4.69. The Morgan fingerprint density at radius 2 is 1.69 bits per heavy atom. The van der Waals surface area contributed by atoms with Gasteiger partial charge in [-0.25, -0.2) is 4.39 Å². The summed E-state index contributed by atoms with van der Waals surface area (Å²) in [6.45, 7) is 7.03. The number of amides is 2. The van der Waals surface area contributed by atoms with Crippen molar-refractivity contribution in [1.29, 1.82) is 0 Å². The van der Waals surface area contributed by atoms with Crippen molar-refractivity contribution in [3.8, 4) is 0 Å². The van der Waals surface area contributed by atoms with Crippen molar-refractivity contribution in [3.63, 3.8) is 0 Å². The highest BCUT2D eigenvalue weighted by Gasteiger charge is 2.28. The van der Waals surface area contributed by atoms with E-state index in [9.17, 15) is 14.0 Å². The maximum absolute atomic E-state index is 13.9. The maximum atomic E-state index is 13.9. The second-order valence-electron chi connectivity index (χ2n) is 9.89. The zero-order chi connectivity index (χ0) is 27.5. The molecule has 1 fully saturated rings. The molecule has 2 aromatic carbocycles. The molecule has 7 nitrogen and oxygen atoms in total. The predicted molar refractivity (Wildman–Crippen MR) is 147 cm³/mol. The van der Waals surface area contributed by atoms with Crippen molar-refractivity contribution in [2.75, 3.05) is 45.9 Å². The Morgan fingerprint density at radius 1 is 0.949 bits per heavy atom. The number of hydrogen-bond acceptors (Lipinski definition) is 5. The third kappa shape index (κ3) is 8.50. The molecule has 3 aromatic rings. The van der Waals surface area contributed by atoms with Crippen LogP contribution in [-0.4, -0.2) is 72.5 Å². The van der Waals surface area contributed by atoms with Crippen molar-refractivity contribution in [1.82, 2.24) is 14.7 Å². The van der Waals surface area contributed by atoms with E-state index in [0.717, 1.165) is 50.4 Å². The Kier molecular flexibility index (Phi) is 10.7. The van der Waals surface area contributed by atoms with Crippen molar-refractivity contribution in [2.24, 2.45) is 0 Å². The Balaban J connectivity index is 1.51. The highest BCUT2D eigenvalue weighted by molar-refractivity contribution is 5.88. The number of morpholine rings is 1. The molecule has 1 aliphatic rings. The molecule has 2 heterocycles. The molecule has 1 unspecified atom stereocenters. The fourth-order valence-corrected chi connectivity index (χ4v) is 4.93. The normalized spacial score (nSPS) is 14.6. The number of hydrogen-bond donors (Lipinski definition) is 0. The summed E-state index contributed by atoms with van der Waals surface area (Å²) in [6.07, 6.45) is 2.98. The van der Waals surface area contributed by atoms with E-state index in [2.05, 4.69) is 4.90 Å². The first kappa shape index (κ1) is 28.5. The van der Waals surface area contributed by atoms with E-state index in [4.69, 9.17) is 9.15 Å². The van der Waals surface area contributed by atoms with E-state index >= 15 is 0 Å². The molecule has 0 spiro atoms. The van der Waals surface area contributed by atoms with Crippen molar-refractivity contribution >= 4 is 11.8 Å². The summed E-state index contributed by atoms with van der Waals surface area (Å²) in [7, 11) is 0. The number of nitrogens with zero attached hydrogens (tertiary/aromatic N) is 3. The fourth-order valence-electron chi connectivity index (χ4n) is 4.93. The van der Waals surface area contributed by atoms with Gasteiger partial charge in [0.25, 0.3) is 0 Å². The zero-order valence-corrected chi connectivity index (χ0v) is 22.6. The van der Waals surface area contributed by atoms with Gasteiger partial charge in [0.05, 0.1) is 38.5 Å². The number of furan rings is 1. The van der Waals surface area contributed by atoms with Crippen LogP contribution >= 0.6 is 0 Å². The molecule has 0 radical (unpaired) electrons. The van der Waals surface area contributed by atoms with Crippen molar-refractivity contribution in [2.45, 2.75) is 38.8 Å². The van der Waals surface area contributed by atoms with Crippen LogP contribution in [0.15, 0.2) is 77.4 Å². The summed E-state index contributed by atoms with van der Waals surface area (Å²) in [5, 5.41) is 0. The average Bonchev–Trinajstić information content (AvgIpc) is 3.48. The second kappa shape index (κ2) is 14.6. The zero-order valence-electron chi connectivity index (χ0n) is 22.6. The van der Waals surface area contributed by atoms with E-state index in [1.54, 1.807) is 34.3 Å². The third-order valence-corrected chi connectivity index (χ3v) is 7.12. The van der Waals surface area contributed by atoms with Crippen molar-refractivity contribution in [3.05, 3.63) is 95.7 Å². The van der Waals surface area contributed by atoms with Crippen LogP contribution in [0.25, 0.3) is 0 Å². The first-order valence-corrected chi connectivity index (χ1v) is 13.7. The Labute approximate surface area is 230 Å². The largest absolute Gasteiger partial charge is 0.467 e. The maximum Gasteiger partial charge on any atom is 0.242 e. The number of carbonyl (C=O) groups excluding carboxylic acids is 2. The number of halogens is 1. The number of rotatable bonds is 13. The summed E-state index contributed by atoms with van der Waals surface area (Å²) in [6, 6.07) is 19.5. The Bertz CT molecular complexity index is 1150. The van der Waals surface area contributed by atoms with E-state index in [-0.39, 0.29) is 43.2 Å². The smallest absolute Gasteiger partial charge is 0.242 e. The molecule has 0 saturated carbocycles. The van der Waals surface area contributed by atoms with Crippen LogP contribution in [0.3, 0.4) is 0 Å². The van der Waals surface area contributed by atoms with Gasteiger partial charge in [-0.3, -0.25) is 14.5 Å². The quantitative estimate of drug-likeness (QED) is 0.318. The molecule has 0 bridgehead atoms. The molecular formula is C31H38FN3O4. The molecule has 1 atom stereocenters. The average molecular weight is 536 g/mol. The lowest BCUT2D eigenvalue weighted by Crippen LogP contribution is -2.45. The first-order chi connectivity index (χ1) is 19.0. The summed E-state index contributed by atoms with van der Waals surface area (Å²) in [5.41, 5.74) is 1.76. The lowest BCUT2D eigenvalue weighted by atomic mass is 9.95. The van der Waals surface area contributed by atoms with Gasteiger partial charge >= 0.3 is 0 Å². The lowest BCUT2D eigenvalue weighted by molar-refractivity contribution is -0.142. The van der Waals surface area contributed by atoms with Crippen LogP contribution in [0.1, 0.15) is 42.6 Å². The van der Waals surface area contributed by atoms with Crippen LogP contribution in [0.4, 0.5) is 4.39 Å². The monoisotopic (exact) mass is 535 g/mol. The van der Waals surface area contributed by atoms with Crippen LogP contribution < -0.4 is 0 Å². The molecule has 1 saturated heterocycles. The second-order valence-corrected chi connectivity index (χ2v) is 9.89. The van der Waals surface area contributed by atoms with E-state index in [1.165, 1.54) is 12.1 Å². The lowest BCUT2D eigenvalue weighted by Gasteiger charge is -2.31. The number of benzene rings is 2. The third-order valence-electron chi connectivity index (χ3n) is 7.12. The minimum absolute atomic E-state index is 0.0345. The highest BCUT2D eigenvalue weighted by atomic mass is 19.1. The van der Waals surface area contributed by atoms with Gasteiger partial charge in [0, 0.05) is 32.7 Å². The first-order valence-electron chi connectivity index (χ1n) is 13.7. The summed E-state index contributed by atoms with van der Waals surface area (Å²) < 4.78 is 24.5. The van der Waals surface area contributed by atoms with Gasteiger partial charge in [-0.05, 0) is 48.2 Å². The van der Waals surface area contributed by atoms with Gasteiger partial charge < -0.3 is 19.0 Å². The Hall–Kier alpha value is -3.49. The standard InChI is InChI=1S/C31H38FN3O4/c1-2-29(26-8-4-3-5-9-26)31(37)34(16-7-15-33-17-20-38-21-18-33)24-30(36)35(23-28-10-6-19-39-28)22-25-11-13-27(32)14-12-25/h3-6,8-14,19,29H,2,7,15-18,20-24H2,1H3. The summed E-state index contributed by atoms with van der Waals surface area (Å²) >= 11 is 0. The van der Waals surface area contributed by atoms with Crippen molar-refractivity contribution < 1.29 is 23.1 Å². The summed E-state index contributed by atoms with van der Waals surface area (Å²) in [4.78, 5) is 33.4. The van der Waals surface area contributed by atoms with Gasteiger partial charge in [-0.1, -0.05) is 49.4 Å². The fraction of sp³-hybridized carbons (Fsp3) is 0.419. The van der Waals surface area contributed by atoms with Gasteiger partial charge in [0.15, 0.2) is 0 Å². The molecule has 2 amide bonds. The van der Waals surface area contributed by atoms with E-state index in [0.29, 0.717) is 18.7 Å². The molecule has 1 aliphatic heterocycles. The molecule has 8 heteroatoms. The van der Waals surface area contributed by atoms with E-state index < -0.39 is 0 Å². The van der Waals surface area contributed by atoms with Gasteiger partial charge in [0.1, 0.15) is 11.6 Å².